The first-order valence-electron chi connectivity index (χ1n) is 8.02. The Labute approximate surface area is 121 Å². The van der Waals surface area contributed by atoms with E-state index < -0.39 is 5.54 Å². The van der Waals surface area contributed by atoms with Gasteiger partial charge in [0.15, 0.2) is 0 Å². The number of rotatable bonds is 4. The maximum Gasteiger partial charge on any atom is 0.237 e. The molecule has 0 aromatic heterocycles. The van der Waals surface area contributed by atoms with Crippen LogP contribution in [-0.2, 0) is 4.79 Å². The average molecular weight is 280 g/mol. The van der Waals surface area contributed by atoms with Crippen LogP contribution >= 0.6 is 0 Å². The van der Waals surface area contributed by atoms with Crippen LogP contribution in [-0.4, -0.2) is 66.1 Å². The smallest absolute Gasteiger partial charge is 0.237 e. The third-order valence-corrected chi connectivity index (χ3v) is 5.37. The first-order valence-corrected chi connectivity index (χ1v) is 8.02. The van der Waals surface area contributed by atoms with Gasteiger partial charge < -0.3 is 16.0 Å². The van der Waals surface area contributed by atoms with Crippen LogP contribution in [0.5, 0.6) is 0 Å². The number of nitrogens with one attached hydrogen (secondary N) is 1. The summed E-state index contributed by atoms with van der Waals surface area (Å²) in [6, 6.07) is 1.62. The molecule has 3 rings (SSSR count). The molecule has 1 aliphatic heterocycles. The minimum absolute atomic E-state index is 0.145. The SMILES string of the molecule is CC1CN(C)CCN1C1CCC(NC2CC2)(C(N)=O)C1. The number of amides is 1. The van der Waals surface area contributed by atoms with E-state index in [-0.39, 0.29) is 5.91 Å². The molecular formula is C15H28N4O. The number of hydrogen-bond acceptors (Lipinski definition) is 4. The molecule has 2 aliphatic carbocycles. The molecule has 3 aliphatic rings. The fourth-order valence-electron chi connectivity index (χ4n) is 4.04. The molecule has 0 radical (unpaired) electrons. The lowest BCUT2D eigenvalue weighted by Crippen LogP contribution is -2.57. The molecule has 20 heavy (non-hydrogen) atoms. The van der Waals surface area contributed by atoms with Crippen LogP contribution in [0.3, 0.4) is 0 Å². The van der Waals surface area contributed by atoms with Gasteiger partial charge in [0.1, 0.15) is 0 Å². The summed E-state index contributed by atoms with van der Waals surface area (Å²) in [5.74, 6) is -0.145. The first kappa shape index (κ1) is 14.3. The lowest BCUT2D eigenvalue weighted by atomic mass is 9.95. The van der Waals surface area contributed by atoms with Crippen molar-refractivity contribution in [1.82, 2.24) is 15.1 Å². The van der Waals surface area contributed by atoms with Gasteiger partial charge in [-0.25, -0.2) is 0 Å². The molecule has 1 heterocycles. The molecule has 5 heteroatoms. The van der Waals surface area contributed by atoms with Gasteiger partial charge in [-0.2, -0.15) is 0 Å². The summed E-state index contributed by atoms with van der Waals surface area (Å²) in [5, 5.41) is 3.55. The second-order valence-electron chi connectivity index (χ2n) is 7.11. The van der Waals surface area contributed by atoms with Gasteiger partial charge in [0.05, 0.1) is 5.54 Å². The van der Waals surface area contributed by atoms with Crippen molar-refractivity contribution in [2.24, 2.45) is 5.73 Å². The minimum atomic E-state index is -0.436. The molecule has 3 atom stereocenters. The highest BCUT2D eigenvalue weighted by Crippen LogP contribution is 2.37. The van der Waals surface area contributed by atoms with Crippen molar-refractivity contribution in [3.8, 4) is 0 Å². The van der Waals surface area contributed by atoms with E-state index in [1.54, 1.807) is 0 Å². The van der Waals surface area contributed by atoms with E-state index in [0.29, 0.717) is 18.1 Å². The average Bonchev–Trinajstić information content (AvgIpc) is 3.07. The minimum Gasteiger partial charge on any atom is -0.368 e. The summed E-state index contributed by atoms with van der Waals surface area (Å²) in [6.07, 6.45) is 5.29. The zero-order chi connectivity index (χ0) is 14.3. The predicted octanol–water partition coefficient (Wildman–Crippen LogP) is 0.151. The van der Waals surface area contributed by atoms with E-state index in [4.69, 9.17) is 5.73 Å². The number of nitrogens with zero attached hydrogens (tertiary/aromatic N) is 2. The molecule has 3 unspecified atom stereocenters. The molecule has 0 bridgehead atoms. The van der Waals surface area contributed by atoms with E-state index in [9.17, 15) is 4.79 Å². The summed E-state index contributed by atoms with van der Waals surface area (Å²) in [7, 11) is 2.19. The Bertz CT molecular complexity index is 384. The Hall–Kier alpha value is -0.650. The highest BCUT2D eigenvalue weighted by Gasteiger charge is 2.48. The Morgan fingerprint density at radius 3 is 2.65 bits per heavy atom. The lowest BCUT2D eigenvalue weighted by molar-refractivity contribution is -0.124. The molecule has 0 aromatic carbocycles. The standard InChI is InChI=1S/C15H28N4O/c1-11-10-18(2)7-8-19(11)13-5-6-15(9-13,14(16)20)17-12-3-4-12/h11-13,17H,3-10H2,1-2H3,(H2,16,20). The molecule has 1 amide bonds. The predicted molar refractivity (Wildman–Crippen MR) is 79.4 cm³/mol. The van der Waals surface area contributed by atoms with Crippen LogP contribution < -0.4 is 11.1 Å². The number of primary amides is 1. The van der Waals surface area contributed by atoms with Gasteiger partial charge in [0, 0.05) is 37.8 Å². The Morgan fingerprint density at radius 2 is 2.05 bits per heavy atom. The summed E-state index contributed by atoms with van der Waals surface area (Å²) in [5.41, 5.74) is 5.29. The van der Waals surface area contributed by atoms with Gasteiger partial charge in [-0.1, -0.05) is 0 Å². The highest BCUT2D eigenvalue weighted by atomic mass is 16.1. The first-order chi connectivity index (χ1) is 9.50. The van der Waals surface area contributed by atoms with Crippen molar-refractivity contribution in [2.75, 3.05) is 26.7 Å². The largest absolute Gasteiger partial charge is 0.368 e. The number of carbonyl (C=O) groups is 1. The van der Waals surface area contributed by atoms with Crippen molar-refractivity contribution in [3.05, 3.63) is 0 Å². The third kappa shape index (κ3) is 2.71. The summed E-state index contributed by atoms with van der Waals surface area (Å²) >= 11 is 0. The van der Waals surface area contributed by atoms with Crippen LogP contribution in [0.4, 0.5) is 0 Å². The molecule has 0 spiro atoms. The maximum absolute atomic E-state index is 12.0. The molecule has 0 aromatic rings. The summed E-state index contributed by atoms with van der Waals surface area (Å²) < 4.78 is 0. The van der Waals surface area contributed by atoms with Gasteiger partial charge in [-0.15, -0.1) is 0 Å². The number of carbonyl (C=O) groups excluding carboxylic acids is 1. The van der Waals surface area contributed by atoms with Crippen molar-refractivity contribution < 1.29 is 4.79 Å². The van der Waals surface area contributed by atoms with Crippen LogP contribution in [0.1, 0.15) is 39.0 Å². The number of piperazine rings is 1. The fraction of sp³-hybridized carbons (Fsp3) is 0.933. The maximum atomic E-state index is 12.0. The van der Waals surface area contributed by atoms with Crippen molar-refractivity contribution in [2.45, 2.75) is 62.7 Å². The van der Waals surface area contributed by atoms with Gasteiger partial charge in [-0.05, 0) is 46.1 Å². The second kappa shape index (κ2) is 5.28. The Kier molecular flexibility index (Phi) is 3.77. The molecule has 3 N–H and O–H groups in total. The van der Waals surface area contributed by atoms with Crippen molar-refractivity contribution in [3.63, 3.8) is 0 Å². The Balaban J connectivity index is 1.66. The van der Waals surface area contributed by atoms with E-state index in [1.165, 1.54) is 12.8 Å². The lowest BCUT2D eigenvalue weighted by Gasteiger charge is -2.42. The molecular weight excluding hydrogens is 252 g/mol. The van der Waals surface area contributed by atoms with Crippen LogP contribution in [0.2, 0.25) is 0 Å². The third-order valence-electron chi connectivity index (χ3n) is 5.37. The van der Waals surface area contributed by atoms with Gasteiger partial charge in [0.2, 0.25) is 5.91 Å². The van der Waals surface area contributed by atoms with E-state index in [1.807, 2.05) is 0 Å². The van der Waals surface area contributed by atoms with Crippen LogP contribution in [0, 0.1) is 0 Å². The molecule has 114 valence electrons. The molecule has 3 fully saturated rings. The van der Waals surface area contributed by atoms with E-state index in [2.05, 4.69) is 29.1 Å². The molecule has 2 saturated carbocycles. The van der Waals surface area contributed by atoms with Gasteiger partial charge in [-0.3, -0.25) is 9.69 Å². The molecule has 5 nitrogen and oxygen atoms in total. The van der Waals surface area contributed by atoms with Crippen molar-refractivity contribution >= 4 is 5.91 Å². The topological polar surface area (TPSA) is 61.6 Å². The van der Waals surface area contributed by atoms with E-state index in [0.717, 1.165) is 38.9 Å². The second-order valence-corrected chi connectivity index (χ2v) is 7.11. The molecule has 1 saturated heterocycles. The number of hydrogen-bond donors (Lipinski definition) is 2. The number of nitrogens with two attached hydrogens (primary N) is 1. The highest BCUT2D eigenvalue weighted by molar-refractivity contribution is 5.85. The normalized spacial score (nSPS) is 40.1. The monoisotopic (exact) mass is 280 g/mol. The summed E-state index contributed by atoms with van der Waals surface area (Å²) in [6.45, 7) is 5.66. The van der Waals surface area contributed by atoms with Crippen LogP contribution in [0.25, 0.3) is 0 Å². The zero-order valence-corrected chi connectivity index (χ0v) is 12.8. The number of likely N-dealkylation sites (N-methyl/N-ethyl adjacent to an activating group) is 1. The van der Waals surface area contributed by atoms with Crippen LogP contribution in [0.15, 0.2) is 0 Å². The van der Waals surface area contributed by atoms with E-state index >= 15 is 0 Å². The summed E-state index contributed by atoms with van der Waals surface area (Å²) in [4.78, 5) is 17.0. The quantitative estimate of drug-likeness (QED) is 0.769. The zero-order valence-electron chi connectivity index (χ0n) is 12.8. The fourth-order valence-corrected chi connectivity index (χ4v) is 4.04. The van der Waals surface area contributed by atoms with Gasteiger partial charge in [0.25, 0.3) is 0 Å². The Morgan fingerprint density at radius 1 is 1.30 bits per heavy atom. The van der Waals surface area contributed by atoms with Crippen molar-refractivity contribution in [1.29, 1.82) is 0 Å². The van der Waals surface area contributed by atoms with Gasteiger partial charge >= 0.3 is 0 Å².